The van der Waals surface area contributed by atoms with Gasteiger partial charge in [-0.1, -0.05) is 5.92 Å². The van der Waals surface area contributed by atoms with Crippen LogP contribution in [0.1, 0.15) is 23.8 Å². The van der Waals surface area contributed by atoms with Crippen LogP contribution in [0.4, 0.5) is 0 Å². The van der Waals surface area contributed by atoms with Gasteiger partial charge in [-0.15, -0.1) is 6.40 Å². The second-order valence-corrected chi connectivity index (χ2v) is 4.14. The normalized spacial score (nSPS) is 32.3. The molecule has 1 aromatic rings. The van der Waals surface area contributed by atoms with E-state index >= 15 is 0 Å². The van der Waals surface area contributed by atoms with Gasteiger partial charge in [-0.05, 0) is 0 Å². The summed E-state index contributed by atoms with van der Waals surface area (Å²) in [5.41, 5.74) is 5.09. The number of nitrogens with one attached hydrogen (secondary N) is 1. The number of hydrogen-bond acceptors (Lipinski definition) is 6. The highest BCUT2D eigenvalue weighted by atomic mass is 16.6. The first-order valence-electron chi connectivity index (χ1n) is 5.92. The highest BCUT2D eigenvalue weighted by Crippen LogP contribution is 2.33. The summed E-state index contributed by atoms with van der Waals surface area (Å²) in [7, 11) is 0. The van der Waals surface area contributed by atoms with E-state index in [-0.39, 0.29) is 11.5 Å². The van der Waals surface area contributed by atoms with Crippen molar-refractivity contribution in [2.75, 3.05) is 0 Å². The minimum atomic E-state index is -1.42. The van der Waals surface area contributed by atoms with Gasteiger partial charge in [-0.25, -0.2) is 4.98 Å². The molecule has 1 aliphatic heterocycles. The Bertz CT molecular complexity index is 566. The fraction of sp³-hybridized carbons (Fsp3) is 0.455. The van der Waals surface area contributed by atoms with Crippen LogP contribution < -0.4 is 5.73 Å². The van der Waals surface area contributed by atoms with Gasteiger partial charge in [0.1, 0.15) is 43.4 Å². The molecule has 0 spiro atoms. The summed E-state index contributed by atoms with van der Waals surface area (Å²) >= 11 is 0. The van der Waals surface area contributed by atoms with Crippen molar-refractivity contribution in [3.8, 4) is 12.3 Å². The second-order valence-electron chi connectivity index (χ2n) is 4.14. The van der Waals surface area contributed by atoms with Crippen LogP contribution in [0.15, 0.2) is 6.20 Å². The predicted molar refractivity (Wildman–Crippen MR) is 61.6 cm³/mol. The Hall–Kier alpha value is -1.92. The number of carbonyl (C=O) groups is 1. The van der Waals surface area contributed by atoms with Gasteiger partial charge in [0.05, 0.1) is 6.20 Å². The van der Waals surface area contributed by atoms with E-state index in [2.05, 4.69) is 15.9 Å². The average Bonchev–Trinajstić information content (AvgIpc) is 2.97. The number of amides is 1. The molecule has 1 fully saturated rings. The van der Waals surface area contributed by atoms with Crippen LogP contribution in [0.2, 0.25) is 0 Å². The predicted octanol–water partition coefficient (Wildman–Crippen LogP) is -2.34. The molecule has 1 aromatic heterocycles. The van der Waals surface area contributed by atoms with E-state index in [1.165, 1.54) is 6.20 Å². The van der Waals surface area contributed by atoms with Gasteiger partial charge in [0, 0.05) is 0 Å². The van der Waals surface area contributed by atoms with Crippen LogP contribution in [-0.4, -0.2) is 55.6 Å². The molecule has 102 valence electrons. The van der Waals surface area contributed by atoms with Crippen LogP contribution in [0, 0.1) is 12.3 Å². The fourth-order valence-corrected chi connectivity index (χ4v) is 1.88. The number of carbonyl (C=O) groups excluding carboxylic acids is 1. The number of ether oxygens (including phenoxy) is 1. The lowest BCUT2D eigenvalue weighted by atomic mass is 10.0. The van der Waals surface area contributed by atoms with Gasteiger partial charge in [0.25, 0.3) is 5.91 Å². The molecule has 8 heteroatoms. The third-order valence-electron chi connectivity index (χ3n) is 2.89. The number of rotatable bonds is 3. The Balaban J connectivity index is 2.20. The number of aromatic nitrogens is 2. The van der Waals surface area contributed by atoms with Crippen molar-refractivity contribution in [1.82, 2.24) is 9.97 Å². The van der Waals surface area contributed by atoms with Crippen LogP contribution in [-0.2, 0) is 4.74 Å². The first kappa shape index (κ1) is 12.1. The van der Waals surface area contributed by atoms with Crippen molar-refractivity contribution in [2.45, 2.75) is 30.5 Å². The highest BCUT2D eigenvalue weighted by Gasteiger charge is 2.47. The topological polar surface area (TPSA) is 142 Å². The number of imidazole rings is 1. The van der Waals surface area contributed by atoms with Crippen LogP contribution >= 0.6 is 0 Å². The van der Waals surface area contributed by atoms with Crippen molar-refractivity contribution >= 4 is 5.91 Å². The first-order valence-corrected chi connectivity index (χ1v) is 5.42. The van der Waals surface area contributed by atoms with E-state index in [1.807, 2.05) is 0 Å². The van der Waals surface area contributed by atoms with E-state index < -0.39 is 36.4 Å². The van der Waals surface area contributed by atoms with Gasteiger partial charge < -0.3 is 30.8 Å². The number of aliphatic hydroxyl groups is 3. The molecule has 2 rings (SSSR count). The summed E-state index contributed by atoms with van der Waals surface area (Å²) in [4.78, 5) is 17.3. The second kappa shape index (κ2) is 4.99. The summed E-state index contributed by atoms with van der Waals surface area (Å²) < 4.78 is 12.0. The van der Waals surface area contributed by atoms with Crippen LogP contribution in [0.25, 0.3) is 0 Å². The van der Waals surface area contributed by atoms with Crippen molar-refractivity contribution < 1.29 is 26.2 Å². The third kappa shape index (κ3) is 2.32. The maximum absolute atomic E-state index is 11.0. The maximum atomic E-state index is 11.0. The zero-order valence-electron chi connectivity index (χ0n) is 10.6. The molecule has 0 aliphatic carbocycles. The molecule has 2 unspecified atom stereocenters. The molecule has 5 atom stereocenters. The highest BCUT2D eigenvalue weighted by molar-refractivity contribution is 5.90. The molecular formula is C11H13N3O5. The number of aromatic amines is 1. The lowest BCUT2D eigenvalue weighted by molar-refractivity contribution is -0.0473. The number of aliphatic hydroxyl groups excluding tert-OH is 3. The Morgan fingerprint density at radius 1 is 1.68 bits per heavy atom. The molecule has 0 saturated carbocycles. The smallest absolute Gasteiger partial charge is 0.266 e. The standard InChI is InChI=1S/C11H13N3O5/c1-2-5(15)8-6(16)7(17)9(19-8)11-13-3-4(14-11)10(12)18/h1,3,5-9,15-17H,(H2,12,18)(H,13,14)/t5?,6-,7+,8+,9?/m0/s1/i1D. The molecule has 1 amide bonds. The van der Waals surface area contributed by atoms with E-state index in [1.54, 1.807) is 6.40 Å². The van der Waals surface area contributed by atoms with Gasteiger partial charge in [0.15, 0.2) is 0 Å². The Morgan fingerprint density at radius 2 is 2.42 bits per heavy atom. The number of H-pyrrole nitrogens is 1. The fourth-order valence-electron chi connectivity index (χ4n) is 1.88. The lowest BCUT2D eigenvalue weighted by Crippen LogP contribution is -2.37. The molecule has 1 aliphatic rings. The van der Waals surface area contributed by atoms with E-state index in [4.69, 9.17) is 11.8 Å². The number of primary amides is 1. The zero-order valence-corrected chi connectivity index (χ0v) is 9.65. The summed E-state index contributed by atoms with van der Waals surface area (Å²) in [6.45, 7) is 0. The monoisotopic (exact) mass is 268 g/mol. The summed E-state index contributed by atoms with van der Waals surface area (Å²) in [6.07, 6.45) is -3.52. The summed E-state index contributed by atoms with van der Waals surface area (Å²) in [5.74, 6) is 1.47. The van der Waals surface area contributed by atoms with Crippen molar-refractivity contribution in [1.29, 1.82) is 0 Å². The SMILES string of the molecule is [2H]C#CC(O)[C@H]1OC(c2ncc(C(N)=O)[nH]2)[C@H](O)[C@@H]1O. The lowest BCUT2D eigenvalue weighted by Gasteiger charge is -2.15. The van der Waals surface area contributed by atoms with Crippen LogP contribution in [0.5, 0.6) is 0 Å². The summed E-state index contributed by atoms with van der Waals surface area (Å²) in [6, 6.07) is 0. The van der Waals surface area contributed by atoms with Gasteiger partial charge in [-0.2, -0.15) is 0 Å². The Morgan fingerprint density at radius 3 is 3.00 bits per heavy atom. The molecule has 0 aromatic carbocycles. The van der Waals surface area contributed by atoms with Gasteiger partial charge >= 0.3 is 0 Å². The quantitative estimate of drug-likeness (QED) is 0.389. The number of hydrogen-bond donors (Lipinski definition) is 5. The molecular weight excluding hydrogens is 254 g/mol. The van der Waals surface area contributed by atoms with E-state index in [0.717, 1.165) is 0 Å². The summed E-state index contributed by atoms with van der Waals surface area (Å²) in [5, 5.41) is 29.3. The molecule has 6 N–H and O–H groups in total. The van der Waals surface area contributed by atoms with Gasteiger partial charge in [0.2, 0.25) is 0 Å². The third-order valence-corrected chi connectivity index (χ3v) is 2.89. The largest absolute Gasteiger partial charge is 0.387 e. The molecule has 0 bridgehead atoms. The maximum Gasteiger partial charge on any atom is 0.266 e. The van der Waals surface area contributed by atoms with Crippen molar-refractivity contribution in [3.05, 3.63) is 17.7 Å². The van der Waals surface area contributed by atoms with Crippen molar-refractivity contribution in [3.63, 3.8) is 0 Å². The Kier molecular flexibility index (Phi) is 3.18. The zero-order chi connectivity index (χ0) is 14.9. The van der Waals surface area contributed by atoms with Gasteiger partial charge in [-0.3, -0.25) is 4.79 Å². The number of nitrogens with two attached hydrogens (primary N) is 1. The van der Waals surface area contributed by atoms with E-state index in [0.29, 0.717) is 0 Å². The van der Waals surface area contributed by atoms with Crippen molar-refractivity contribution in [2.24, 2.45) is 5.73 Å². The first-order chi connectivity index (χ1) is 9.45. The molecule has 8 nitrogen and oxygen atoms in total. The minimum absolute atomic E-state index is 0.0280. The Labute approximate surface area is 109 Å². The molecule has 2 heterocycles. The molecule has 1 saturated heterocycles. The van der Waals surface area contributed by atoms with Crippen LogP contribution in [0.3, 0.4) is 0 Å². The number of nitrogens with zero attached hydrogens (tertiary/aromatic N) is 1. The molecule has 0 radical (unpaired) electrons. The molecule has 19 heavy (non-hydrogen) atoms. The van der Waals surface area contributed by atoms with E-state index in [9.17, 15) is 20.1 Å². The minimum Gasteiger partial charge on any atom is -0.387 e. The average molecular weight is 268 g/mol. The number of terminal acetylenes is 1.